The van der Waals surface area contributed by atoms with Crippen LogP contribution in [0.4, 0.5) is 0 Å². The van der Waals surface area contributed by atoms with Gasteiger partial charge >= 0.3 is 22.5 Å². The van der Waals surface area contributed by atoms with Gasteiger partial charge in [0, 0.05) is 0 Å². The molecule has 84 valence electrons. The molecule has 2 heterocycles. The molecule has 3 rings (SSSR count). The molecule has 1 aromatic carbocycles. The highest BCUT2D eigenvalue weighted by Crippen LogP contribution is 2.20. The van der Waals surface area contributed by atoms with Crippen LogP contribution in [0.5, 0.6) is 0 Å². The molecule has 0 fully saturated rings. The van der Waals surface area contributed by atoms with Gasteiger partial charge in [0.2, 0.25) is 0 Å². The molecule has 2 aromatic heterocycles. The predicted octanol–water partition coefficient (Wildman–Crippen LogP) is -0.196. The van der Waals surface area contributed by atoms with Crippen LogP contribution in [0.15, 0.2) is 34.1 Å². The topological polar surface area (TPSA) is 94.6 Å². The van der Waals surface area contributed by atoms with E-state index in [9.17, 15) is 19.2 Å². The first kappa shape index (κ1) is 9.71. The summed E-state index contributed by atoms with van der Waals surface area (Å²) in [5.41, 5.74) is -3.01. The number of furan rings is 2. The van der Waals surface area contributed by atoms with Crippen molar-refractivity contribution in [3.05, 3.63) is 53.3 Å². The average molecular weight is 232 g/mol. The van der Waals surface area contributed by atoms with E-state index in [1.165, 1.54) is 6.92 Å². The average Bonchev–Trinajstić information content (AvgIpc) is 2.68. The summed E-state index contributed by atoms with van der Waals surface area (Å²) in [6, 6.07) is 1.16. The summed E-state index contributed by atoms with van der Waals surface area (Å²) in [5.74, 6) is 0. The van der Waals surface area contributed by atoms with Crippen LogP contribution in [0.25, 0.3) is 21.5 Å². The van der Waals surface area contributed by atoms with Crippen molar-refractivity contribution in [2.24, 2.45) is 0 Å². The summed E-state index contributed by atoms with van der Waals surface area (Å²) < 4.78 is 8.84. The third-order valence-electron chi connectivity index (χ3n) is 2.80. The minimum absolute atomic E-state index is 0.00194. The maximum absolute atomic E-state index is 11.4. The number of rotatable bonds is 0. The second-order valence-corrected chi connectivity index (χ2v) is 3.70. The van der Waals surface area contributed by atoms with E-state index in [4.69, 9.17) is 0 Å². The Morgan fingerprint density at radius 3 is 1.59 bits per heavy atom. The van der Waals surface area contributed by atoms with Crippen molar-refractivity contribution in [3.8, 4) is 0 Å². The quantitative estimate of drug-likeness (QED) is 0.532. The van der Waals surface area contributed by atoms with E-state index in [0.717, 1.165) is 6.07 Å². The van der Waals surface area contributed by atoms with Gasteiger partial charge in [0.25, 0.3) is 0 Å². The van der Waals surface area contributed by atoms with Crippen LogP contribution >= 0.6 is 0 Å². The zero-order valence-electron chi connectivity index (χ0n) is 8.53. The van der Waals surface area contributed by atoms with E-state index < -0.39 is 22.5 Å². The van der Waals surface area contributed by atoms with Crippen LogP contribution < -0.4 is 22.5 Å². The molecular weight excluding hydrogens is 228 g/mol. The summed E-state index contributed by atoms with van der Waals surface area (Å²) >= 11 is 0. The maximum Gasteiger partial charge on any atom is 0.347 e. The second kappa shape index (κ2) is 2.79. The molecule has 0 atom stereocenters. The number of aryl methyl sites for hydroxylation is 1. The van der Waals surface area contributed by atoms with E-state index >= 15 is 0 Å². The van der Waals surface area contributed by atoms with E-state index in [0.29, 0.717) is 0 Å². The highest BCUT2D eigenvalue weighted by Gasteiger charge is 2.19. The van der Waals surface area contributed by atoms with Gasteiger partial charge in [-0.3, -0.25) is 0 Å². The van der Waals surface area contributed by atoms with Crippen molar-refractivity contribution >= 4 is 21.5 Å². The minimum Gasteiger partial charge on any atom is -0.386 e. The molecule has 17 heavy (non-hydrogen) atoms. The molecule has 0 unspecified atom stereocenters. The standard InChI is InChI=1S/C11H4O6/c1-3-6-4(8(12)16-10(6)14)2-5-7(3)11(15)17-9(5)13/h2H,1H3. The summed E-state index contributed by atoms with van der Waals surface area (Å²) in [4.78, 5) is 45.5. The maximum atomic E-state index is 11.4. The highest BCUT2D eigenvalue weighted by molar-refractivity contribution is 6.00. The summed E-state index contributed by atoms with van der Waals surface area (Å²) in [5, 5.41) is 0.0524. The SMILES string of the molecule is Cc1c2c(=O)oc(=O)c2cc2c(=O)oc(=O)c12. The molecule has 0 aliphatic heterocycles. The fourth-order valence-electron chi connectivity index (χ4n) is 2.05. The second-order valence-electron chi connectivity index (χ2n) is 3.70. The van der Waals surface area contributed by atoms with Gasteiger partial charge in [0.05, 0.1) is 21.5 Å². The van der Waals surface area contributed by atoms with Crippen molar-refractivity contribution < 1.29 is 8.83 Å². The van der Waals surface area contributed by atoms with Gasteiger partial charge in [0.15, 0.2) is 0 Å². The van der Waals surface area contributed by atoms with E-state index in [1.54, 1.807) is 0 Å². The summed E-state index contributed by atoms with van der Waals surface area (Å²) in [7, 11) is 0. The molecule has 0 aliphatic rings. The Bertz CT molecular complexity index is 885. The largest absolute Gasteiger partial charge is 0.386 e. The smallest absolute Gasteiger partial charge is 0.347 e. The number of fused-ring (bicyclic) bond motifs is 2. The van der Waals surface area contributed by atoms with Gasteiger partial charge < -0.3 is 8.83 Å². The summed E-state index contributed by atoms with van der Waals surface area (Å²) in [6.45, 7) is 1.47. The fourth-order valence-corrected chi connectivity index (χ4v) is 2.05. The van der Waals surface area contributed by atoms with Crippen molar-refractivity contribution in [3.63, 3.8) is 0 Å². The van der Waals surface area contributed by atoms with Gasteiger partial charge in [-0.15, -0.1) is 0 Å². The number of hydrogen-bond acceptors (Lipinski definition) is 6. The molecular formula is C11H4O6. The van der Waals surface area contributed by atoms with Crippen molar-refractivity contribution in [1.29, 1.82) is 0 Å². The monoisotopic (exact) mass is 232 g/mol. The lowest BCUT2D eigenvalue weighted by molar-refractivity contribution is 0.498. The van der Waals surface area contributed by atoms with E-state index in [1.807, 2.05) is 0 Å². The van der Waals surface area contributed by atoms with Crippen molar-refractivity contribution in [2.45, 2.75) is 6.92 Å². The molecule has 0 amide bonds. The highest BCUT2D eigenvalue weighted by atomic mass is 16.4. The molecule has 3 aromatic rings. The van der Waals surface area contributed by atoms with Crippen LogP contribution in [0.2, 0.25) is 0 Å². The predicted molar refractivity (Wildman–Crippen MR) is 58.2 cm³/mol. The lowest BCUT2D eigenvalue weighted by atomic mass is 10.0. The Kier molecular flexibility index (Phi) is 1.59. The van der Waals surface area contributed by atoms with Gasteiger partial charge in [0.1, 0.15) is 0 Å². The first-order chi connectivity index (χ1) is 8.00. The van der Waals surface area contributed by atoms with Crippen molar-refractivity contribution in [2.75, 3.05) is 0 Å². The first-order valence-corrected chi connectivity index (χ1v) is 4.71. The molecule has 0 bridgehead atoms. The minimum atomic E-state index is -0.817. The van der Waals surface area contributed by atoms with Crippen LogP contribution in [-0.2, 0) is 0 Å². The molecule has 6 nitrogen and oxygen atoms in total. The van der Waals surface area contributed by atoms with E-state index in [-0.39, 0.29) is 27.1 Å². The fraction of sp³-hybridized carbons (Fsp3) is 0.0909. The summed E-state index contributed by atoms with van der Waals surface area (Å²) in [6.07, 6.45) is 0. The van der Waals surface area contributed by atoms with Gasteiger partial charge in [-0.25, -0.2) is 19.2 Å². The molecule has 6 heteroatoms. The zero-order valence-corrected chi connectivity index (χ0v) is 8.53. The molecule has 0 saturated carbocycles. The first-order valence-electron chi connectivity index (χ1n) is 4.71. The molecule has 0 N–H and O–H groups in total. The zero-order chi connectivity index (χ0) is 12.3. The Balaban J connectivity index is 2.87. The third kappa shape index (κ3) is 1.04. The lowest BCUT2D eigenvalue weighted by Crippen LogP contribution is -1.98. The number of hydrogen-bond donors (Lipinski definition) is 0. The van der Waals surface area contributed by atoms with E-state index in [2.05, 4.69) is 8.83 Å². The van der Waals surface area contributed by atoms with Crippen LogP contribution in [-0.4, -0.2) is 0 Å². The Hall–Kier alpha value is -2.50. The lowest BCUT2D eigenvalue weighted by Gasteiger charge is -1.92. The Labute approximate surface area is 91.4 Å². The molecule has 0 aliphatic carbocycles. The molecule has 0 spiro atoms. The van der Waals surface area contributed by atoms with Gasteiger partial charge in [-0.05, 0) is 18.6 Å². The van der Waals surface area contributed by atoms with Crippen LogP contribution in [0.1, 0.15) is 5.56 Å². The van der Waals surface area contributed by atoms with Gasteiger partial charge in [-0.1, -0.05) is 0 Å². The van der Waals surface area contributed by atoms with Gasteiger partial charge in [-0.2, -0.15) is 0 Å². The van der Waals surface area contributed by atoms with Crippen LogP contribution in [0, 0.1) is 6.92 Å². The van der Waals surface area contributed by atoms with Crippen molar-refractivity contribution in [1.82, 2.24) is 0 Å². The molecule has 0 saturated heterocycles. The third-order valence-corrected chi connectivity index (χ3v) is 2.80. The van der Waals surface area contributed by atoms with Crippen LogP contribution in [0.3, 0.4) is 0 Å². The Morgan fingerprint density at radius 1 is 0.765 bits per heavy atom. The normalized spacial score (nSPS) is 11.6. The Morgan fingerprint density at radius 2 is 1.18 bits per heavy atom. The molecule has 0 radical (unpaired) electrons. The number of benzene rings is 1.